The maximum atomic E-state index is 8.63. The lowest BCUT2D eigenvalue weighted by molar-refractivity contribution is -0.129. The van der Waals surface area contributed by atoms with E-state index < -0.39 is 0 Å². The highest BCUT2D eigenvalue weighted by Crippen LogP contribution is 2.21. The molecule has 12 heavy (non-hydrogen) atoms. The van der Waals surface area contributed by atoms with Crippen molar-refractivity contribution in [2.45, 2.75) is 32.3 Å². The van der Waals surface area contributed by atoms with Crippen LogP contribution in [0, 0.1) is 0 Å². The highest BCUT2D eigenvalue weighted by atomic mass is 16.7. The largest absolute Gasteiger partial charge is 0.394 e. The molecule has 0 aromatic heterocycles. The number of epoxide rings is 1. The van der Waals surface area contributed by atoms with Crippen LogP contribution >= 0.6 is 0 Å². The minimum absolute atomic E-state index is 0.0150. The highest BCUT2D eigenvalue weighted by molar-refractivity contribution is 4.83. The van der Waals surface area contributed by atoms with Crippen molar-refractivity contribution >= 4 is 0 Å². The van der Waals surface area contributed by atoms with Gasteiger partial charge in [0.05, 0.1) is 13.2 Å². The van der Waals surface area contributed by atoms with Crippen LogP contribution in [-0.2, 0) is 14.2 Å². The van der Waals surface area contributed by atoms with Gasteiger partial charge in [0.25, 0.3) is 0 Å². The van der Waals surface area contributed by atoms with Crippen LogP contribution in [0.15, 0.2) is 0 Å². The van der Waals surface area contributed by atoms with Crippen LogP contribution < -0.4 is 0 Å². The quantitative estimate of drug-likeness (QED) is 0.462. The van der Waals surface area contributed by atoms with Crippen molar-refractivity contribution in [1.29, 1.82) is 0 Å². The van der Waals surface area contributed by atoms with Crippen LogP contribution in [0.3, 0.4) is 0 Å². The topological polar surface area (TPSA) is 51.2 Å². The fourth-order valence-corrected chi connectivity index (χ4v) is 1.000. The first kappa shape index (κ1) is 9.92. The lowest BCUT2D eigenvalue weighted by Gasteiger charge is -2.11. The number of aliphatic hydroxyl groups excluding tert-OH is 1. The summed E-state index contributed by atoms with van der Waals surface area (Å²) in [5.41, 5.74) is 0. The third-order valence-electron chi connectivity index (χ3n) is 1.76. The van der Waals surface area contributed by atoms with E-state index in [2.05, 4.69) is 0 Å². The normalized spacial score (nSPS) is 30.2. The molecule has 1 rings (SSSR count). The number of rotatable bonds is 6. The predicted octanol–water partition coefficient (Wildman–Crippen LogP) is 0.145. The Morgan fingerprint density at radius 3 is 2.67 bits per heavy atom. The van der Waals surface area contributed by atoms with E-state index in [9.17, 15) is 0 Å². The number of aliphatic hydroxyl groups is 1. The van der Waals surface area contributed by atoms with Crippen LogP contribution in [0.1, 0.15) is 13.8 Å². The van der Waals surface area contributed by atoms with E-state index in [1.807, 2.05) is 13.8 Å². The van der Waals surface area contributed by atoms with Crippen molar-refractivity contribution in [3.05, 3.63) is 0 Å². The maximum Gasteiger partial charge on any atom is 0.154 e. The second-order valence-corrected chi connectivity index (χ2v) is 2.75. The van der Waals surface area contributed by atoms with Crippen LogP contribution in [0.4, 0.5) is 0 Å². The zero-order valence-electron chi connectivity index (χ0n) is 7.53. The first-order chi connectivity index (χ1) is 5.77. The Hall–Kier alpha value is -0.160. The summed E-state index contributed by atoms with van der Waals surface area (Å²) in [4.78, 5) is 0. The van der Waals surface area contributed by atoms with Crippen LogP contribution in [0.2, 0.25) is 0 Å². The van der Waals surface area contributed by atoms with E-state index in [4.69, 9.17) is 19.3 Å². The predicted molar refractivity (Wildman–Crippen MR) is 42.8 cm³/mol. The molecule has 0 saturated carbocycles. The van der Waals surface area contributed by atoms with Gasteiger partial charge in [0.2, 0.25) is 0 Å². The molecule has 1 N–H and O–H groups in total. The summed E-state index contributed by atoms with van der Waals surface area (Å²) >= 11 is 0. The van der Waals surface area contributed by atoms with E-state index >= 15 is 0 Å². The maximum absolute atomic E-state index is 8.63. The average molecular weight is 176 g/mol. The fraction of sp³-hybridized carbons (Fsp3) is 1.00. The zero-order valence-corrected chi connectivity index (χ0v) is 7.53. The molecule has 1 saturated heterocycles. The molecule has 1 aliphatic heterocycles. The average Bonchev–Trinajstić information content (AvgIpc) is 2.80. The summed E-state index contributed by atoms with van der Waals surface area (Å²) in [5.74, 6) is 0. The van der Waals surface area contributed by atoms with Gasteiger partial charge >= 0.3 is 0 Å². The second-order valence-electron chi connectivity index (χ2n) is 2.75. The molecule has 3 atom stereocenters. The summed E-state index contributed by atoms with van der Waals surface area (Å²) < 4.78 is 15.5. The molecule has 0 aromatic rings. The van der Waals surface area contributed by atoms with Gasteiger partial charge in [0.15, 0.2) is 6.29 Å². The molecular weight excluding hydrogens is 160 g/mol. The van der Waals surface area contributed by atoms with Gasteiger partial charge < -0.3 is 19.3 Å². The first-order valence-electron chi connectivity index (χ1n) is 4.27. The second kappa shape index (κ2) is 4.77. The Morgan fingerprint density at radius 1 is 1.42 bits per heavy atom. The molecule has 0 bridgehead atoms. The van der Waals surface area contributed by atoms with Gasteiger partial charge in [0.1, 0.15) is 12.2 Å². The van der Waals surface area contributed by atoms with Crippen molar-refractivity contribution in [2.24, 2.45) is 0 Å². The summed E-state index contributed by atoms with van der Waals surface area (Å²) in [6, 6.07) is 0. The van der Waals surface area contributed by atoms with E-state index in [1.165, 1.54) is 0 Å². The molecule has 0 aliphatic carbocycles. The standard InChI is InChI=1S/C8H16O4/c1-3-10-6(2)11-5-8-7(4-9)12-8/h6-9H,3-5H2,1-2H3/t6?,7-,8+/m0/s1. The first-order valence-corrected chi connectivity index (χ1v) is 4.27. The Balaban J connectivity index is 1.95. The van der Waals surface area contributed by atoms with Gasteiger partial charge in [-0.05, 0) is 13.8 Å². The van der Waals surface area contributed by atoms with Gasteiger partial charge in [0, 0.05) is 6.61 Å². The molecule has 0 aromatic carbocycles. The Morgan fingerprint density at radius 2 is 2.17 bits per heavy atom. The molecular formula is C8H16O4. The van der Waals surface area contributed by atoms with Crippen molar-refractivity contribution in [3.63, 3.8) is 0 Å². The molecule has 4 heteroatoms. The minimum atomic E-state index is -0.182. The van der Waals surface area contributed by atoms with Crippen molar-refractivity contribution in [3.8, 4) is 0 Å². The summed E-state index contributed by atoms with van der Waals surface area (Å²) in [6.45, 7) is 5.00. The molecule has 0 radical (unpaired) electrons. The summed E-state index contributed by atoms with van der Waals surface area (Å²) in [6.07, 6.45) is -0.129. The van der Waals surface area contributed by atoms with Gasteiger partial charge in [-0.3, -0.25) is 0 Å². The Bertz CT molecular complexity index is 126. The molecule has 1 aliphatic rings. The summed E-state index contributed by atoms with van der Waals surface area (Å²) in [5, 5.41) is 8.63. The summed E-state index contributed by atoms with van der Waals surface area (Å²) in [7, 11) is 0. The van der Waals surface area contributed by atoms with Gasteiger partial charge in [-0.1, -0.05) is 0 Å². The van der Waals surface area contributed by atoms with Crippen LogP contribution in [0.5, 0.6) is 0 Å². The van der Waals surface area contributed by atoms with Crippen molar-refractivity contribution in [1.82, 2.24) is 0 Å². The number of hydrogen-bond acceptors (Lipinski definition) is 4. The van der Waals surface area contributed by atoms with E-state index in [0.29, 0.717) is 13.2 Å². The van der Waals surface area contributed by atoms with E-state index in [-0.39, 0.29) is 25.1 Å². The molecule has 1 fully saturated rings. The van der Waals surface area contributed by atoms with Gasteiger partial charge in [-0.25, -0.2) is 0 Å². The van der Waals surface area contributed by atoms with E-state index in [1.54, 1.807) is 0 Å². The Kier molecular flexibility index (Phi) is 3.94. The zero-order chi connectivity index (χ0) is 8.97. The highest BCUT2D eigenvalue weighted by Gasteiger charge is 2.38. The smallest absolute Gasteiger partial charge is 0.154 e. The minimum Gasteiger partial charge on any atom is -0.394 e. The van der Waals surface area contributed by atoms with Gasteiger partial charge in [-0.15, -0.1) is 0 Å². The Labute approximate surface area is 72.4 Å². The molecule has 1 unspecified atom stereocenters. The molecule has 0 amide bonds. The SMILES string of the molecule is CCOC(C)OC[C@H]1O[C@H]1CO. The monoisotopic (exact) mass is 176 g/mol. The number of hydrogen-bond donors (Lipinski definition) is 1. The number of ether oxygens (including phenoxy) is 3. The molecule has 4 nitrogen and oxygen atoms in total. The lowest BCUT2D eigenvalue weighted by Crippen LogP contribution is -2.17. The third kappa shape index (κ3) is 3.06. The fourth-order valence-electron chi connectivity index (χ4n) is 1.000. The molecule has 1 heterocycles. The van der Waals surface area contributed by atoms with Gasteiger partial charge in [-0.2, -0.15) is 0 Å². The van der Waals surface area contributed by atoms with Crippen molar-refractivity contribution in [2.75, 3.05) is 19.8 Å². The van der Waals surface area contributed by atoms with E-state index in [0.717, 1.165) is 0 Å². The third-order valence-corrected chi connectivity index (χ3v) is 1.76. The van der Waals surface area contributed by atoms with Crippen LogP contribution in [-0.4, -0.2) is 43.4 Å². The van der Waals surface area contributed by atoms with Crippen molar-refractivity contribution < 1.29 is 19.3 Å². The molecule has 0 spiro atoms. The lowest BCUT2D eigenvalue weighted by atomic mass is 10.3. The molecule has 72 valence electrons. The van der Waals surface area contributed by atoms with Crippen LogP contribution in [0.25, 0.3) is 0 Å².